The van der Waals surface area contributed by atoms with Crippen molar-refractivity contribution < 1.29 is 13.5 Å². The van der Waals surface area contributed by atoms with E-state index in [1.807, 2.05) is 6.07 Å². The van der Waals surface area contributed by atoms with E-state index in [2.05, 4.69) is 9.64 Å². The third-order valence-corrected chi connectivity index (χ3v) is 3.07. The summed E-state index contributed by atoms with van der Waals surface area (Å²) >= 11 is 0. The molecule has 1 fully saturated rings. The highest BCUT2D eigenvalue weighted by Crippen LogP contribution is 2.18. The van der Waals surface area contributed by atoms with Gasteiger partial charge in [0.1, 0.15) is 5.75 Å². The van der Waals surface area contributed by atoms with Crippen molar-refractivity contribution in [3.05, 3.63) is 29.8 Å². The summed E-state index contributed by atoms with van der Waals surface area (Å²) in [7, 11) is 0. The van der Waals surface area contributed by atoms with E-state index in [9.17, 15) is 8.78 Å². The molecule has 1 saturated heterocycles. The Morgan fingerprint density at radius 3 is 2.89 bits per heavy atom. The zero-order valence-corrected chi connectivity index (χ0v) is 11.4. The summed E-state index contributed by atoms with van der Waals surface area (Å²) in [5.74, 6) is 0.212. The second kappa shape index (κ2) is 7.62. The smallest absolute Gasteiger partial charge is 0.387 e. The molecule has 1 atom stereocenters. The fourth-order valence-electron chi connectivity index (χ4n) is 2.31. The molecule has 19 heavy (non-hydrogen) atoms. The van der Waals surface area contributed by atoms with E-state index in [0.717, 1.165) is 38.0 Å². The van der Waals surface area contributed by atoms with E-state index in [0.29, 0.717) is 0 Å². The maximum atomic E-state index is 12.1. The Balaban J connectivity index is 0.00000180. The number of rotatable bonds is 4. The van der Waals surface area contributed by atoms with Gasteiger partial charge in [0, 0.05) is 19.1 Å². The molecule has 3 nitrogen and oxygen atoms in total. The number of hydrogen-bond acceptors (Lipinski definition) is 3. The minimum Gasteiger partial charge on any atom is -0.435 e. The zero-order chi connectivity index (χ0) is 13.0. The van der Waals surface area contributed by atoms with Crippen LogP contribution in [-0.2, 0) is 6.54 Å². The van der Waals surface area contributed by atoms with Crippen molar-refractivity contribution in [1.82, 2.24) is 4.90 Å². The van der Waals surface area contributed by atoms with Gasteiger partial charge in [0.05, 0.1) is 0 Å². The van der Waals surface area contributed by atoms with Crippen molar-refractivity contribution in [2.24, 2.45) is 5.73 Å². The van der Waals surface area contributed by atoms with Crippen LogP contribution >= 0.6 is 12.4 Å². The maximum absolute atomic E-state index is 12.1. The predicted molar refractivity (Wildman–Crippen MR) is 72.8 cm³/mol. The summed E-state index contributed by atoms with van der Waals surface area (Å²) in [6.45, 7) is -0.175. The topological polar surface area (TPSA) is 38.5 Å². The summed E-state index contributed by atoms with van der Waals surface area (Å²) in [5.41, 5.74) is 6.88. The van der Waals surface area contributed by atoms with E-state index < -0.39 is 6.61 Å². The maximum Gasteiger partial charge on any atom is 0.387 e. The second-order valence-corrected chi connectivity index (χ2v) is 4.66. The number of ether oxygens (including phenoxy) is 1. The fourth-order valence-corrected chi connectivity index (χ4v) is 2.31. The SMILES string of the molecule is Cl.N[C@H]1CCCN(Cc2cccc(OC(F)F)c2)C1. The summed E-state index contributed by atoms with van der Waals surface area (Å²) in [4.78, 5) is 2.25. The van der Waals surface area contributed by atoms with Gasteiger partial charge in [-0.15, -0.1) is 12.4 Å². The Kier molecular flexibility index (Phi) is 6.48. The Morgan fingerprint density at radius 1 is 1.42 bits per heavy atom. The minimum absolute atomic E-state index is 0. The van der Waals surface area contributed by atoms with E-state index in [1.165, 1.54) is 6.07 Å². The molecule has 1 heterocycles. The minimum atomic E-state index is -2.77. The highest BCUT2D eigenvalue weighted by atomic mass is 35.5. The molecule has 0 radical (unpaired) electrons. The molecule has 2 N–H and O–H groups in total. The quantitative estimate of drug-likeness (QED) is 0.927. The first-order valence-electron chi connectivity index (χ1n) is 6.15. The lowest BCUT2D eigenvalue weighted by atomic mass is 10.1. The Bertz CT molecular complexity index is 393. The molecule has 0 spiro atoms. The van der Waals surface area contributed by atoms with Crippen LogP contribution in [0.15, 0.2) is 24.3 Å². The molecular weight excluding hydrogens is 274 g/mol. The Labute approximate surface area is 118 Å². The molecule has 6 heteroatoms. The number of benzene rings is 1. The number of likely N-dealkylation sites (tertiary alicyclic amines) is 1. The molecule has 108 valence electrons. The van der Waals surface area contributed by atoms with E-state index in [1.54, 1.807) is 12.1 Å². The largest absolute Gasteiger partial charge is 0.435 e. The van der Waals surface area contributed by atoms with Crippen LogP contribution in [-0.4, -0.2) is 30.6 Å². The lowest BCUT2D eigenvalue weighted by molar-refractivity contribution is -0.0499. The normalized spacial score (nSPS) is 20.1. The van der Waals surface area contributed by atoms with Gasteiger partial charge in [-0.05, 0) is 37.1 Å². The van der Waals surface area contributed by atoms with Crippen LogP contribution in [0, 0.1) is 0 Å². The zero-order valence-electron chi connectivity index (χ0n) is 10.6. The van der Waals surface area contributed by atoms with Crippen molar-refractivity contribution in [2.45, 2.75) is 32.0 Å². The molecule has 1 aromatic rings. The molecule has 0 unspecified atom stereocenters. The summed E-state index contributed by atoms with van der Waals surface area (Å²) in [6.07, 6.45) is 2.15. The number of alkyl halides is 2. The van der Waals surface area contributed by atoms with Crippen LogP contribution in [0.25, 0.3) is 0 Å². The van der Waals surface area contributed by atoms with Gasteiger partial charge >= 0.3 is 6.61 Å². The van der Waals surface area contributed by atoms with Gasteiger partial charge in [-0.3, -0.25) is 4.90 Å². The number of hydrogen-bond donors (Lipinski definition) is 1. The Hall–Kier alpha value is -0.910. The van der Waals surface area contributed by atoms with Crippen LogP contribution in [0.5, 0.6) is 5.75 Å². The number of halogens is 3. The number of nitrogens with zero attached hydrogens (tertiary/aromatic N) is 1. The van der Waals surface area contributed by atoms with Crippen LogP contribution < -0.4 is 10.5 Å². The van der Waals surface area contributed by atoms with Crippen molar-refractivity contribution in [2.75, 3.05) is 13.1 Å². The molecule has 0 bridgehead atoms. The molecule has 2 rings (SSSR count). The van der Waals surface area contributed by atoms with Crippen LogP contribution in [0.2, 0.25) is 0 Å². The van der Waals surface area contributed by atoms with Gasteiger partial charge in [-0.25, -0.2) is 0 Å². The van der Waals surface area contributed by atoms with Crippen LogP contribution in [0.3, 0.4) is 0 Å². The molecule has 0 aliphatic carbocycles. The van der Waals surface area contributed by atoms with Gasteiger partial charge in [-0.2, -0.15) is 8.78 Å². The first-order chi connectivity index (χ1) is 8.63. The standard InChI is InChI=1S/C13H18F2N2O.ClH/c14-13(15)18-12-5-1-3-10(7-12)8-17-6-2-4-11(16)9-17;/h1,3,5,7,11,13H,2,4,6,8-9,16H2;1H/t11-;/m0./s1. The number of nitrogens with two attached hydrogens (primary N) is 1. The van der Waals surface area contributed by atoms with Crippen molar-refractivity contribution >= 4 is 12.4 Å². The van der Waals surface area contributed by atoms with E-state index >= 15 is 0 Å². The highest BCUT2D eigenvalue weighted by Gasteiger charge is 2.16. The van der Waals surface area contributed by atoms with Crippen molar-refractivity contribution in [3.8, 4) is 5.75 Å². The first-order valence-corrected chi connectivity index (χ1v) is 6.15. The number of piperidine rings is 1. The lowest BCUT2D eigenvalue weighted by Crippen LogP contribution is -2.42. The summed E-state index contributed by atoms with van der Waals surface area (Å²) in [5, 5.41) is 0. The Morgan fingerprint density at radius 2 is 2.21 bits per heavy atom. The molecule has 0 saturated carbocycles. The monoisotopic (exact) mass is 292 g/mol. The van der Waals surface area contributed by atoms with Crippen molar-refractivity contribution in [3.63, 3.8) is 0 Å². The summed E-state index contributed by atoms with van der Waals surface area (Å²) in [6, 6.07) is 7.07. The van der Waals surface area contributed by atoms with E-state index in [4.69, 9.17) is 5.73 Å². The molecular formula is C13H19ClF2N2O. The lowest BCUT2D eigenvalue weighted by Gasteiger charge is -2.30. The fraction of sp³-hybridized carbons (Fsp3) is 0.538. The molecule has 1 aliphatic rings. The second-order valence-electron chi connectivity index (χ2n) is 4.66. The van der Waals surface area contributed by atoms with Gasteiger partial charge in [-0.1, -0.05) is 12.1 Å². The van der Waals surface area contributed by atoms with Crippen LogP contribution in [0.1, 0.15) is 18.4 Å². The first kappa shape index (κ1) is 16.1. The van der Waals surface area contributed by atoms with Crippen LogP contribution in [0.4, 0.5) is 8.78 Å². The van der Waals surface area contributed by atoms with Crippen molar-refractivity contribution in [1.29, 1.82) is 0 Å². The average Bonchev–Trinajstić information content (AvgIpc) is 2.28. The molecule has 0 amide bonds. The molecule has 1 aromatic carbocycles. The van der Waals surface area contributed by atoms with Gasteiger partial charge < -0.3 is 10.5 Å². The van der Waals surface area contributed by atoms with Gasteiger partial charge in [0.25, 0.3) is 0 Å². The van der Waals surface area contributed by atoms with Gasteiger partial charge in [0.15, 0.2) is 0 Å². The molecule has 0 aromatic heterocycles. The summed E-state index contributed by atoms with van der Waals surface area (Å²) < 4.78 is 28.6. The third kappa shape index (κ3) is 5.30. The van der Waals surface area contributed by atoms with E-state index in [-0.39, 0.29) is 24.2 Å². The predicted octanol–water partition coefficient (Wildman–Crippen LogP) is 2.63. The third-order valence-electron chi connectivity index (χ3n) is 3.07. The average molecular weight is 293 g/mol. The molecule has 1 aliphatic heterocycles. The van der Waals surface area contributed by atoms with Gasteiger partial charge in [0.2, 0.25) is 0 Å². The highest BCUT2D eigenvalue weighted by molar-refractivity contribution is 5.85.